The number of hydrogen-bond acceptors (Lipinski definition) is 4. The zero-order valence-electron chi connectivity index (χ0n) is 14.9. The van der Waals surface area contributed by atoms with Crippen molar-refractivity contribution in [3.05, 3.63) is 35.2 Å². The Morgan fingerprint density at radius 3 is 2.88 bits per heavy atom. The minimum Gasteiger partial charge on any atom is -0.345 e. The first-order chi connectivity index (χ1) is 12.0. The van der Waals surface area contributed by atoms with E-state index in [2.05, 4.69) is 20.4 Å². The first-order valence-corrected chi connectivity index (χ1v) is 8.59. The summed E-state index contributed by atoms with van der Waals surface area (Å²) in [6.07, 6.45) is 2.65. The molecule has 2 aromatic rings. The Balaban J connectivity index is 1.56. The number of carbonyl (C=O) groups excluding carboxylic acids is 2. The van der Waals surface area contributed by atoms with E-state index < -0.39 is 0 Å². The van der Waals surface area contributed by atoms with Crippen molar-refractivity contribution in [2.45, 2.75) is 46.2 Å². The van der Waals surface area contributed by atoms with Crippen LogP contribution in [0, 0.1) is 6.92 Å². The molecule has 25 heavy (non-hydrogen) atoms. The number of aromatic nitrogens is 4. The van der Waals surface area contributed by atoms with Gasteiger partial charge in [-0.15, -0.1) is 0 Å². The highest BCUT2D eigenvalue weighted by atomic mass is 16.2. The van der Waals surface area contributed by atoms with E-state index in [4.69, 9.17) is 0 Å². The van der Waals surface area contributed by atoms with Crippen molar-refractivity contribution < 1.29 is 9.59 Å². The molecular formula is C17H24N6O2. The lowest BCUT2D eigenvalue weighted by molar-refractivity contribution is -0.127. The van der Waals surface area contributed by atoms with Gasteiger partial charge in [-0.3, -0.25) is 14.3 Å². The molecule has 0 unspecified atom stereocenters. The van der Waals surface area contributed by atoms with Gasteiger partial charge in [0.2, 0.25) is 5.91 Å². The highest BCUT2D eigenvalue weighted by Gasteiger charge is 2.27. The van der Waals surface area contributed by atoms with Gasteiger partial charge in [0.15, 0.2) is 0 Å². The summed E-state index contributed by atoms with van der Waals surface area (Å²) >= 11 is 0. The zero-order valence-corrected chi connectivity index (χ0v) is 14.9. The normalized spacial score (nSPS) is 17.1. The molecular weight excluding hydrogens is 320 g/mol. The number of nitrogens with one attached hydrogen (secondary N) is 2. The predicted octanol–water partition coefficient (Wildman–Crippen LogP) is 1.20. The molecule has 8 nitrogen and oxygen atoms in total. The first-order valence-electron chi connectivity index (χ1n) is 8.59. The van der Waals surface area contributed by atoms with E-state index in [0.29, 0.717) is 18.8 Å². The van der Waals surface area contributed by atoms with Crippen LogP contribution < -0.4 is 5.32 Å². The van der Waals surface area contributed by atoms with E-state index >= 15 is 0 Å². The Morgan fingerprint density at radius 2 is 2.24 bits per heavy atom. The molecule has 3 rings (SSSR count). The molecule has 1 aliphatic heterocycles. The van der Waals surface area contributed by atoms with Crippen LogP contribution in [0.4, 0.5) is 0 Å². The average Bonchev–Trinajstić information content (AvgIpc) is 3.31. The average molecular weight is 344 g/mol. The fourth-order valence-electron chi connectivity index (χ4n) is 3.15. The minimum absolute atomic E-state index is 0.100. The van der Waals surface area contributed by atoms with E-state index in [-0.39, 0.29) is 17.7 Å². The van der Waals surface area contributed by atoms with E-state index in [1.807, 2.05) is 18.7 Å². The Hall–Kier alpha value is -2.64. The number of nitrogens with zero attached hydrogens (tertiary/aromatic N) is 4. The third kappa shape index (κ3) is 3.72. The number of aryl methyl sites for hydroxylation is 2. The van der Waals surface area contributed by atoms with Crippen LogP contribution in [-0.4, -0.2) is 49.6 Å². The molecule has 1 saturated heterocycles. The SMILES string of the molecule is CCn1nc(C(=O)NCc2cnc([C@@H]3CCN(C(C)=O)C3)[nH]2)cc1C. The lowest BCUT2D eigenvalue weighted by Gasteiger charge is -2.12. The molecule has 2 N–H and O–H groups in total. The van der Waals surface area contributed by atoms with Crippen molar-refractivity contribution in [1.82, 2.24) is 30.0 Å². The number of amides is 2. The van der Waals surface area contributed by atoms with E-state index in [1.54, 1.807) is 23.9 Å². The van der Waals surface area contributed by atoms with Crippen LogP contribution in [0.3, 0.4) is 0 Å². The highest BCUT2D eigenvalue weighted by molar-refractivity contribution is 5.92. The second-order valence-electron chi connectivity index (χ2n) is 6.41. The molecule has 1 fully saturated rings. The fraction of sp³-hybridized carbons (Fsp3) is 0.529. The maximum atomic E-state index is 12.2. The van der Waals surface area contributed by atoms with Crippen molar-refractivity contribution in [2.24, 2.45) is 0 Å². The topological polar surface area (TPSA) is 95.9 Å². The van der Waals surface area contributed by atoms with Gasteiger partial charge < -0.3 is 15.2 Å². The minimum atomic E-state index is -0.199. The third-order valence-electron chi connectivity index (χ3n) is 4.62. The molecule has 0 radical (unpaired) electrons. The van der Waals surface area contributed by atoms with E-state index in [9.17, 15) is 9.59 Å². The summed E-state index contributed by atoms with van der Waals surface area (Å²) in [5.41, 5.74) is 2.23. The molecule has 2 aromatic heterocycles. The zero-order chi connectivity index (χ0) is 18.0. The van der Waals surface area contributed by atoms with Crippen LogP contribution in [0.2, 0.25) is 0 Å². The number of H-pyrrole nitrogens is 1. The van der Waals surface area contributed by atoms with Crippen LogP contribution in [-0.2, 0) is 17.9 Å². The van der Waals surface area contributed by atoms with E-state index in [1.165, 1.54) is 0 Å². The van der Waals surface area contributed by atoms with Gasteiger partial charge in [-0.2, -0.15) is 5.10 Å². The van der Waals surface area contributed by atoms with Gasteiger partial charge in [-0.25, -0.2) is 4.98 Å². The summed E-state index contributed by atoms with van der Waals surface area (Å²) < 4.78 is 1.80. The van der Waals surface area contributed by atoms with E-state index in [0.717, 1.165) is 36.7 Å². The highest BCUT2D eigenvalue weighted by Crippen LogP contribution is 2.24. The van der Waals surface area contributed by atoms with Gasteiger partial charge in [0.25, 0.3) is 5.91 Å². The lowest BCUT2D eigenvalue weighted by Crippen LogP contribution is -2.25. The Bertz CT molecular complexity index is 778. The summed E-state index contributed by atoms with van der Waals surface area (Å²) in [4.78, 5) is 33.1. The van der Waals surface area contributed by atoms with Crippen molar-refractivity contribution in [3.8, 4) is 0 Å². The molecule has 1 aliphatic rings. The smallest absolute Gasteiger partial charge is 0.272 e. The molecule has 0 aromatic carbocycles. The first kappa shape index (κ1) is 17.2. The standard InChI is InChI=1S/C17H24N6O2/c1-4-23-11(2)7-15(21-23)17(25)19-9-14-8-18-16(20-14)13-5-6-22(10-13)12(3)24/h7-8,13H,4-6,9-10H2,1-3H3,(H,18,20)(H,19,25)/t13-/m1/s1. The lowest BCUT2D eigenvalue weighted by atomic mass is 10.1. The Labute approximate surface area is 146 Å². The van der Waals surface area contributed by atoms with Crippen molar-refractivity contribution in [1.29, 1.82) is 0 Å². The summed E-state index contributed by atoms with van der Waals surface area (Å²) in [5, 5.41) is 7.14. The molecule has 0 saturated carbocycles. The number of hydrogen-bond donors (Lipinski definition) is 2. The van der Waals surface area contributed by atoms with Crippen LogP contribution >= 0.6 is 0 Å². The second kappa shape index (κ2) is 7.08. The fourth-order valence-corrected chi connectivity index (χ4v) is 3.15. The maximum Gasteiger partial charge on any atom is 0.272 e. The molecule has 0 bridgehead atoms. The monoisotopic (exact) mass is 344 g/mol. The van der Waals surface area contributed by atoms with Gasteiger partial charge in [-0.1, -0.05) is 0 Å². The largest absolute Gasteiger partial charge is 0.345 e. The van der Waals surface area contributed by atoms with Gasteiger partial charge >= 0.3 is 0 Å². The van der Waals surface area contributed by atoms with Crippen LogP contribution in [0.1, 0.15) is 53.9 Å². The number of rotatable bonds is 5. The number of carbonyl (C=O) groups is 2. The van der Waals surface area contributed by atoms with Gasteiger partial charge in [0.1, 0.15) is 11.5 Å². The molecule has 8 heteroatoms. The molecule has 134 valence electrons. The Morgan fingerprint density at radius 1 is 1.44 bits per heavy atom. The summed E-state index contributed by atoms with van der Waals surface area (Å²) in [6.45, 7) is 8.08. The summed E-state index contributed by atoms with van der Waals surface area (Å²) in [5.74, 6) is 1.01. The van der Waals surface area contributed by atoms with Crippen LogP contribution in [0.15, 0.2) is 12.3 Å². The number of likely N-dealkylation sites (tertiary alicyclic amines) is 1. The van der Waals surface area contributed by atoms with Crippen molar-refractivity contribution in [2.75, 3.05) is 13.1 Å². The molecule has 0 aliphatic carbocycles. The van der Waals surface area contributed by atoms with Gasteiger partial charge in [-0.05, 0) is 26.3 Å². The Kier molecular flexibility index (Phi) is 4.87. The van der Waals surface area contributed by atoms with Gasteiger partial charge in [0.05, 0.1) is 18.4 Å². The van der Waals surface area contributed by atoms with Crippen molar-refractivity contribution >= 4 is 11.8 Å². The molecule has 0 spiro atoms. The predicted molar refractivity (Wildman–Crippen MR) is 92.0 cm³/mol. The summed E-state index contributed by atoms with van der Waals surface area (Å²) in [6, 6.07) is 1.78. The summed E-state index contributed by atoms with van der Waals surface area (Å²) in [7, 11) is 0. The van der Waals surface area contributed by atoms with Gasteiger partial charge in [0, 0.05) is 38.2 Å². The molecule has 3 heterocycles. The molecule has 1 atom stereocenters. The van der Waals surface area contributed by atoms with Crippen molar-refractivity contribution in [3.63, 3.8) is 0 Å². The number of aromatic amines is 1. The third-order valence-corrected chi connectivity index (χ3v) is 4.62. The second-order valence-corrected chi connectivity index (χ2v) is 6.41. The quantitative estimate of drug-likeness (QED) is 0.852. The molecule has 2 amide bonds. The maximum absolute atomic E-state index is 12.2. The number of imidazole rings is 1. The van der Waals surface area contributed by atoms with Crippen LogP contribution in [0.5, 0.6) is 0 Å². The van der Waals surface area contributed by atoms with Crippen LogP contribution in [0.25, 0.3) is 0 Å².